The average molecular weight is 175 g/mol. The van der Waals surface area contributed by atoms with Crippen molar-refractivity contribution in [3.8, 4) is 0 Å². The third-order valence-corrected chi connectivity index (χ3v) is 0.630. The number of nitrogens with zero attached hydrogens (tertiary/aromatic N) is 1. The standard InChI is InChI=1S/C4H9NO.C3H6.C2H6O/c1-4(6)5(2)3;1-3-2;1-2-3/h1-3H3;3H,1H2,2H3;3H,2H2,1H3. The Morgan fingerprint density at radius 2 is 1.67 bits per heavy atom. The van der Waals surface area contributed by atoms with Crippen molar-refractivity contribution in [3.05, 3.63) is 13.3 Å². The monoisotopic (exact) mass is 175 g/mol. The van der Waals surface area contributed by atoms with Gasteiger partial charge in [0.25, 0.3) is 0 Å². The lowest BCUT2D eigenvalue weighted by molar-refractivity contribution is -0.126. The highest BCUT2D eigenvalue weighted by Crippen LogP contribution is 1.69. The van der Waals surface area contributed by atoms with E-state index < -0.39 is 0 Å². The van der Waals surface area contributed by atoms with Gasteiger partial charge in [-0.2, -0.15) is 0 Å². The Morgan fingerprint density at radius 3 is 1.67 bits per heavy atom. The molecule has 0 aliphatic carbocycles. The Morgan fingerprint density at radius 1 is 1.58 bits per heavy atom. The SMILES string of the molecule is CC(=O)N(C)C.CCO.[CH2][CH]C. The van der Waals surface area contributed by atoms with Crippen LogP contribution in [-0.4, -0.2) is 36.6 Å². The molecule has 0 fully saturated rings. The first-order chi connectivity index (χ1) is 5.47. The number of carbonyl (C=O) groups excluding carboxylic acids is 1. The lowest BCUT2D eigenvalue weighted by atomic mass is 10.6. The van der Waals surface area contributed by atoms with Gasteiger partial charge in [0.05, 0.1) is 0 Å². The molecular formula is C9H21NO2. The minimum absolute atomic E-state index is 0.0926. The van der Waals surface area contributed by atoms with Crippen molar-refractivity contribution in [2.45, 2.75) is 20.8 Å². The van der Waals surface area contributed by atoms with Crippen molar-refractivity contribution >= 4 is 5.91 Å². The Bertz CT molecular complexity index is 80.6. The Kier molecular flexibility index (Phi) is 24.5. The molecule has 0 rings (SSSR count). The van der Waals surface area contributed by atoms with E-state index in [0.717, 1.165) is 0 Å². The molecule has 0 saturated heterocycles. The highest BCUT2D eigenvalue weighted by atomic mass is 16.2. The molecular weight excluding hydrogens is 154 g/mol. The Labute approximate surface area is 76.4 Å². The van der Waals surface area contributed by atoms with E-state index in [9.17, 15) is 4.79 Å². The van der Waals surface area contributed by atoms with Gasteiger partial charge in [-0.15, -0.1) is 0 Å². The maximum absolute atomic E-state index is 10.1. The summed E-state index contributed by atoms with van der Waals surface area (Å²) in [6, 6.07) is 0. The van der Waals surface area contributed by atoms with Gasteiger partial charge in [-0.05, 0) is 13.3 Å². The number of aliphatic hydroxyl groups excluding tert-OH is 1. The minimum Gasteiger partial charge on any atom is -0.397 e. The number of rotatable bonds is 0. The quantitative estimate of drug-likeness (QED) is 0.599. The van der Waals surface area contributed by atoms with Gasteiger partial charge in [0.15, 0.2) is 0 Å². The molecule has 0 unspecified atom stereocenters. The van der Waals surface area contributed by atoms with E-state index in [1.165, 1.54) is 11.8 Å². The summed E-state index contributed by atoms with van der Waals surface area (Å²) in [6.07, 6.45) is 1.75. The fourth-order valence-electron chi connectivity index (χ4n) is 0. The molecule has 0 aromatic rings. The molecule has 0 spiro atoms. The molecule has 1 amide bonds. The van der Waals surface area contributed by atoms with Crippen LogP contribution in [0.2, 0.25) is 0 Å². The number of hydrogen-bond donors (Lipinski definition) is 1. The van der Waals surface area contributed by atoms with Crippen LogP contribution in [0.3, 0.4) is 0 Å². The van der Waals surface area contributed by atoms with Crippen molar-refractivity contribution in [2.24, 2.45) is 0 Å². The van der Waals surface area contributed by atoms with Crippen LogP contribution in [0.15, 0.2) is 0 Å². The van der Waals surface area contributed by atoms with Gasteiger partial charge >= 0.3 is 0 Å². The molecule has 3 heteroatoms. The molecule has 0 aromatic heterocycles. The Hall–Kier alpha value is -0.570. The van der Waals surface area contributed by atoms with Gasteiger partial charge in [-0.1, -0.05) is 13.8 Å². The zero-order valence-electron chi connectivity index (χ0n) is 8.79. The van der Waals surface area contributed by atoms with Crippen LogP contribution in [0.1, 0.15) is 20.8 Å². The summed E-state index contributed by atoms with van der Waals surface area (Å²) in [4.78, 5) is 11.6. The predicted octanol–water partition coefficient (Wildman–Crippen LogP) is 1.14. The third-order valence-electron chi connectivity index (χ3n) is 0.630. The first-order valence-corrected chi connectivity index (χ1v) is 3.83. The normalized spacial score (nSPS) is 6.92. The number of hydrogen-bond acceptors (Lipinski definition) is 2. The summed E-state index contributed by atoms with van der Waals surface area (Å²) >= 11 is 0. The molecule has 74 valence electrons. The van der Waals surface area contributed by atoms with Gasteiger partial charge in [0.1, 0.15) is 0 Å². The van der Waals surface area contributed by atoms with Gasteiger partial charge < -0.3 is 10.0 Å². The summed E-state index contributed by atoms with van der Waals surface area (Å²) in [7, 11) is 3.45. The van der Waals surface area contributed by atoms with E-state index in [-0.39, 0.29) is 12.5 Å². The van der Waals surface area contributed by atoms with Crippen molar-refractivity contribution in [1.82, 2.24) is 4.90 Å². The highest BCUT2D eigenvalue weighted by molar-refractivity contribution is 5.72. The van der Waals surface area contributed by atoms with Crippen LogP contribution in [0.25, 0.3) is 0 Å². The minimum atomic E-state index is 0.0926. The van der Waals surface area contributed by atoms with E-state index in [1.807, 2.05) is 6.92 Å². The molecule has 0 bridgehead atoms. The fraction of sp³-hybridized carbons (Fsp3) is 0.667. The average Bonchev–Trinajstić information content (AvgIpc) is 1.90. The smallest absolute Gasteiger partial charge is 0.218 e. The highest BCUT2D eigenvalue weighted by Gasteiger charge is 1.87. The van der Waals surface area contributed by atoms with E-state index in [4.69, 9.17) is 5.11 Å². The van der Waals surface area contributed by atoms with Gasteiger partial charge in [-0.3, -0.25) is 4.79 Å². The van der Waals surface area contributed by atoms with Gasteiger partial charge in [0.2, 0.25) is 5.91 Å². The Balaban J connectivity index is -0.000000115. The molecule has 3 nitrogen and oxygen atoms in total. The second-order valence-corrected chi connectivity index (χ2v) is 2.14. The first-order valence-electron chi connectivity index (χ1n) is 3.83. The number of aliphatic hydroxyl groups is 1. The molecule has 0 aliphatic heterocycles. The van der Waals surface area contributed by atoms with Crippen LogP contribution in [0, 0.1) is 13.3 Å². The summed E-state index contributed by atoms with van der Waals surface area (Å²) in [5.41, 5.74) is 0. The van der Waals surface area contributed by atoms with Crippen LogP contribution >= 0.6 is 0 Å². The van der Waals surface area contributed by atoms with E-state index in [1.54, 1.807) is 27.4 Å². The molecule has 2 radical (unpaired) electrons. The van der Waals surface area contributed by atoms with Crippen molar-refractivity contribution in [3.63, 3.8) is 0 Å². The van der Waals surface area contributed by atoms with Crippen LogP contribution in [-0.2, 0) is 4.79 Å². The van der Waals surface area contributed by atoms with Crippen LogP contribution < -0.4 is 0 Å². The van der Waals surface area contributed by atoms with E-state index in [2.05, 4.69) is 6.92 Å². The van der Waals surface area contributed by atoms with Crippen LogP contribution in [0.5, 0.6) is 0 Å². The van der Waals surface area contributed by atoms with Crippen molar-refractivity contribution in [2.75, 3.05) is 20.7 Å². The molecule has 12 heavy (non-hydrogen) atoms. The van der Waals surface area contributed by atoms with Crippen molar-refractivity contribution in [1.29, 1.82) is 0 Å². The molecule has 1 N–H and O–H groups in total. The van der Waals surface area contributed by atoms with E-state index in [0.29, 0.717) is 0 Å². The second kappa shape index (κ2) is 16.8. The molecule has 0 heterocycles. The fourth-order valence-corrected chi connectivity index (χ4v) is 0. The number of carbonyl (C=O) groups is 1. The topological polar surface area (TPSA) is 40.5 Å². The summed E-state index contributed by atoms with van der Waals surface area (Å²) in [5, 5.41) is 7.57. The summed E-state index contributed by atoms with van der Waals surface area (Å²) in [5.74, 6) is 0.0926. The first kappa shape index (κ1) is 17.5. The third kappa shape index (κ3) is 57.0. The van der Waals surface area contributed by atoms with Gasteiger partial charge in [-0.25, -0.2) is 0 Å². The second-order valence-electron chi connectivity index (χ2n) is 2.14. The largest absolute Gasteiger partial charge is 0.397 e. The lowest BCUT2D eigenvalue weighted by Crippen LogP contribution is -2.17. The number of amides is 1. The predicted molar refractivity (Wildman–Crippen MR) is 52.5 cm³/mol. The maximum atomic E-state index is 10.1. The molecule has 0 aromatic carbocycles. The zero-order chi connectivity index (χ0) is 10.6. The maximum Gasteiger partial charge on any atom is 0.218 e. The lowest BCUT2D eigenvalue weighted by Gasteiger charge is -2.02. The zero-order valence-corrected chi connectivity index (χ0v) is 8.79. The van der Waals surface area contributed by atoms with Gasteiger partial charge in [0, 0.05) is 27.6 Å². The molecule has 0 aliphatic rings. The molecule has 0 atom stereocenters. The van der Waals surface area contributed by atoms with Crippen LogP contribution in [0.4, 0.5) is 0 Å². The van der Waals surface area contributed by atoms with E-state index >= 15 is 0 Å². The summed E-state index contributed by atoms with van der Waals surface area (Å²) < 4.78 is 0. The van der Waals surface area contributed by atoms with Crippen molar-refractivity contribution < 1.29 is 9.90 Å². The summed E-state index contributed by atoms with van der Waals surface area (Å²) in [6.45, 7) is 8.71. The molecule has 0 saturated carbocycles.